The molecule has 0 aliphatic carbocycles. The topological polar surface area (TPSA) is 47.1 Å². The summed E-state index contributed by atoms with van der Waals surface area (Å²) in [4.78, 5) is 7.77. The van der Waals surface area contributed by atoms with Gasteiger partial charge in [0.25, 0.3) is 0 Å². The zero-order chi connectivity index (χ0) is 15.7. The Morgan fingerprint density at radius 3 is 2.59 bits per heavy atom. The number of aromatic nitrogens is 2. The van der Waals surface area contributed by atoms with Gasteiger partial charge in [-0.25, -0.2) is 4.98 Å². The molecule has 0 saturated carbocycles. The maximum atomic E-state index is 6.03. The Bertz CT molecular complexity index is 791. The number of methoxy groups -OCH3 is 1. The van der Waals surface area contributed by atoms with Gasteiger partial charge in [-0.15, -0.1) is 0 Å². The second-order valence-corrected chi connectivity index (χ2v) is 5.48. The van der Waals surface area contributed by atoms with Crippen LogP contribution in [0, 0.1) is 0 Å². The largest absolute Gasteiger partial charge is 0.493 e. The number of fused-ring (bicyclic) bond motifs is 1. The van der Waals surface area contributed by atoms with E-state index in [0.717, 1.165) is 22.4 Å². The highest BCUT2D eigenvalue weighted by Crippen LogP contribution is 2.33. The molecular formula is C16H14Cl2N2O2. The molecule has 1 N–H and O–H groups in total. The average molecular weight is 337 g/mol. The van der Waals surface area contributed by atoms with Crippen LogP contribution in [0.15, 0.2) is 30.3 Å². The molecule has 0 atom stereocenters. The van der Waals surface area contributed by atoms with Gasteiger partial charge in [0, 0.05) is 5.56 Å². The minimum atomic E-state index is 0.483. The predicted molar refractivity (Wildman–Crippen MR) is 89.3 cm³/mol. The van der Waals surface area contributed by atoms with Gasteiger partial charge in [-0.3, -0.25) is 0 Å². The summed E-state index contributed by atoms with van der Waals surface area (Å²) in [6.45, 7) is 2.51. The number of H-pyrrole nitrogens is 1. The van der Waals surface area contributed by atoms with Crippen LogP contribution >= 0.6 is 23.2 Å². The number of rotatable bonds is 4. The number of halogens is 2. The summed E-state index contributed by atoms with van der Waals surface area (Å²) in [5, 5.41) is 0.977. The van der Waals surface area contributed by atoms with E-state index < -0.39 is 0 Å². The number of nitrogens with zero attached hydrogens (tertiary/aromatic N) is 1. The van der Waals surface area contributed by atoms with Crippen molar-refractivity contribution in [1.29, 1.82) is 0 Å². The molecule has 0 aliphatic rings. The molecule has 4 nitrogen and oxygen atoms in total. The van der Waals surface area contributed by atoms with Gasteiger partial charge in [0.1, 0.15) is 5.82 Å². The van der Waals surface area contributed by atoms with Gasteiger partial charge in [-0.1, -0.05) is 23.2 Å². The van der Waals surface area contributed by atoms with Gasteiger partial charge >= 0.3 is 0 Å². The molecule has 1 aromatic heterocycles. The van der Waals surface area contributed by atoms with Crippen LogP contribution < -0.4 is 9.47 Å². The lowest BCUT2D eigenvalue weighted by Gasteiger charge is -2.09. The average Bonchev–Trinajstić information content (AvgIpc) is 2.91. The van der Waals surface area contributed by atoms with Gasteiger partial charge in [0.2, 0.25) is 0 Å². The molecule has 0 bridgehead atoms. The number of hydrogen-bond acceptors (Lipinski definition) is 3. The van der Waals surface area contributed by atoms with Crippen molar-refractivity contribution in [3.8, 4) is 22.9 Å². The lowest BCUT2D eigenvalue weighted by molar-refractivity contribution is 0.311. The van der Waals surface area contributed by atoms with Crippen LogP contribution in [-0.2, 0) is 0 Å². The summed E-state index contributed by atoms with van der Waals surface area (Å²) in [5.41, 5.74) is 2.48. The highest BCUT2D eigenvalue weighted by Gasteiger charge is 2.11. The molecule has 0 radical (unpaired) electrons. The summed E-state index contributed by atoms with van der Waals surface area (Å²) in [6, 6.07) is 9.18. The molecule has 0 spiro atoms. The van der Waals surface area contributed by atoms with Gasteiger partial charge in [-0.2, -0.15) is 0 Å². The Morgan fingerprint density at radius 2 is 1.86 bits per heavy atom. The predicted octanol–water partition coefficient (Wildman–Crippen LogP) is 4.94. The number of ether oxygens (including phenoxy) is 2. The maximum Gasteiger partial charge on any atom is 0.161 e. The fourth-order valence-electron chi connectivity index (χ4n) is 2.23. The smallest absolute Gasteiger partial charge is 0.161 e. The van der Waals surface area contributed by atoms with Crippen molar-refractivity contribution >= 4 is 34.2 Å². The molecule has 22 heavy (non-hydrogen) atoms. The first-order valence-corrected chi connectivity index (χ1v) is 7.54. The Morgan fingerprint density at radius 1 is 1.09 bits per heavy atom. The van der Waals surface area contributed by atoms with Crippen molar-refractivity contribution in [3.05, 3.63) is 40.4 Å². The number of aromatic amines is 1. The van der Waals surface area contributed by atoms with Crippen molar-refractivity contribution in [1.82, 2.24) is 9.97 Å². The van der Waals surface area contributed by atoms with E-state index >= 15 is 0 Å². The summed E-state index contributed by atoms with van der Waals surface area (Å²) >= 11 is 12.1. The summed E-state index contributed by atoms with van der Waals surface area (Å²) in [6.07, 6.45) is 0. The van der Waals surface area contributed by atoms with Crippen molar-refractivity contribution in [2.24, 2.45) is 0 Å². The van der Waals surface area contributed by atoms with E-state index in [0.29, 0.717) is 28.2 Å². The van der Waals surface area contributed by atoms with Crippen LogP contribution in [0.2, 0.25) is 10.0 Å². The molecule has 0 aliphatic heterocycles. The van der Waals surface area contributed by atoms with E-state index in [1.54, 1.807) is 19.2 Å². The van der Waals surface area contributed by atoms with Crippen LogP contribution in [0.1, 0.15) is 6.92 Å². The number of hydrogen-bond donors (Lipinski definition) is 1. The second-order valence-electron chi connectivity index (χ2n) is 4.67. The monoisotopic (exact) mass is 336 g/mol. The molecule has 3 rings (SSSR count). The fraction of sp³-hybridized carbons (Fsp3) is 0.188. The molecule has 0 saturated heterocycles. The SMILES string of the molecule is CCOc1ccc(-c2nc3cc(Cl)c(Cl)cc3[nH]2)cc1OC. The normalized spacial score (nSPS) is 10.9. The van der Waals surface area contributed by atoms with Crippen LogP contribution in [-0.4, -0.2) is 23.7 Å². The van der Waals surface area contributed by atoms with E-state index in [9.17, 15) is 0 Å². The highest BCUT2D eigenvalue weighted by molar-refractivity contribution is 6.42. The van der Waals surface area contributed by atoms with Crippen LogP contribution in [0.5, 0.6) is 11.5 Å². The summed E-state index contributed by atoms with van der Waals surface area (Å²) in [5.74, 6) is 2.08. The summed E-state index contributed by atoms with van der Waals surface area (Å²) < 4.78 is 10.9. The molecule has 0 fully saturated rings. The molecule has 2 aromatic carbocycles. The van der Waals surface area contributed by atoms with Gasteiger partial charge in [-0.05, 0) is 37.3 Å². The first-order valence-electron chi connectivity index (χ1n) is 6.78. The van der Waals surface area contributed by atoms with Crippen molar-refractivity contribution < 1.29 is 9.47 Å². The highest BCUT2D eigenvalue weighted by atomic mass is 35.5. The van der Waals surface area contributed by atoms with E-state index in [2.05, 4.69) is 9.97 Å². The Kier molecular flexibility index (Phi) is 4.14. The lowest BCUT2D eigenvalue weighted by Crippen LogP contribution is -1.95. The quantitative estimate of drug-likeness (QED) is 0.733. The first kappa shape index (κ1) is 15.0. The maximum absolute atomic E-state index is 6.03. The number of nitrogens with one attached hydrogen (secondary N) is 1. The third-order valence-electron chi connectivity index (χ3n) is 3.26. The summed E-state index contributed by atoms with van der Waals surface area (Å²) in [7, 11) is 1.61. The minimum Gasteiger partial charge on any atom is -0.493 e. The van der Waals surface area contributed by atoms with Crippen molar-refractivity contribution in [3.63, 3.8) is 0 Å². The number of benzene rings is 2. The van der Waals surface area contributed by atoms with Crippen molar-refractivity contribution in [2.75, 3.05) is 13.7 Å². The molecule has 3 aromatic rings. The number of imidazole rings is 1. The van der Waals surface area contributed by atoms with Gasteiger partial charge < -0.3 is 14.5 Å². The van der Waals surface area contributed by atoms with Crippen LogP contribution in [0.25, 0.3) is 22.4 Å². The van der Waals surface area contributed by atoms with Crippen LogP contribution in [0.4, 0.5) is 0 Å². The van der Waals surface area contributed by atoms with Gasteiger partial charge in [0.15, 0.2) is 11.5 Å². The first-order chi connectivity index (χ1) is 10.6. The minimum absolute atomic E-state index is 0.483. The van der Waals surface area contributed by atoms with Gasteiger partial charge in [0.05, 0.1) is 34.8 Å². The van der Waals surface area contributed by atoms with E-state index in [4.69, 9.17) is 32.7 Å². The zero-order valence-corrected chi connectivity index (χ0v) is 13.6. The molecular weight excluding hydrogens is 323 g/mol. The molecule has 0 unspecified atom stereocenters. The zero-order valence-electron chi connectivity index (χ0n) is 12.1. The third kappa shape index (κ3) is 2.72. The molecule has 0 amide bonds. The Hall–Kier alpha value is -1.91. The Labute approximate surface area is 138 Å². The standard InChI is InChI=1S/C16H14Cl2N2O2/c1-3-22-14-5-4-9(6-15(14)21-2)16-19-12-7-10(17)11(18)8-13(12)20-16/h4-8H,3H2,1-2H3,(H,19,20). The Balaban J connectivity index is 2.07. The lowest BCUT2D eigenvalue weighted by atomic mass is 10.2. The van der Waals surface area contributed by atoms with E-state index in [-0.39, 0.29) is 0 Å². The van der Waals surface area contributed by atoms with E-state index in [1.165, 1.54) is 0 Å². The fourth-order valence-corrected chi connectivity index (χ4v) is 2.55. The molecule has 6 heteroatoms. The van der Waals surface area contributed by atoms with E-state index in [1.807, 2.05) is 25.1 Å². The second kappa shape index (κ2) is 6.07. The molecule has 114 valence electrons. The molecule has 1 heterocycles. The third-order valence-corrected chi connectivity index (χ3v) is 3.98. The van der Waals surface area contributed by atoms with Crippen molar-refractivity contribution in [2.45, 2.75) is 6.92 Å². The van der Waals surface area contributed by atoms with Crippen LogP contribution in [0.3, 0.4) is 0 Å².